The number of nitrogens with zero attached hydrogens (tertiary/aromatic N) is 2. The van der Waals surface area contributed by atoms with Gasteiger partial charge in [0.25, 0.3) is 5.22 Å². The Labute approximate surface area is 118 Å². The number of ether oxygens (including phenoxy) is 2. The molecule has 0 unspecified atom stereocenters. The second-order valence-electron chi connectivity index (χ2n) is 3.90. The van der Waals surface area contributed by atoms with Crippen molar-refractivity contribution in [3.05, 3.63) is 18.2 Å². The predicted octanol–water partition coefficient (Wildman–Crippen LogP) is 1.30. The van der Waals surface area contributed by atoms with Gasteiger partial charge in [0.2, 0.25) is 18.6 Å². The Hall–Kier alpha value is -2.22. The minimum atomic E-state index is -0.0992. The number of carbonyl (C=O) groups is 1. The zero-order valence-electron chi connectivity index (χ0n) is 10.6. The number of fused-ring (bicyclic) bond motifs is 1. The summed E-state index contributed by atoms with van der Waals surface area (Å²) in [6, 6.07) is 5.39. The molecule has 0 saturated heterocycles. The van der Waals surface area contributed by atoms with Crippen LogP contribution in [0.25, 0.3) is 11.5 Å². The van der Waals surface area contributed by atoms with Crippen molar-refractivity contribution < 1.29 is 18.7 Å². The van der Waals surface area contributed by atoms with Gasteiger partial charge in [0, 0.05) is 12.6 Å². The highest BCUT2D eigenvalue weighted by molar-refractivity contribution is 7.99. The van der Waals surface area contributed by atoms with Gasteiger partial charge in [-0.25, -0.2) is 0 Å². The number of nitrogens with one attached hydrogen (secondary N) is 1. The molecule has 104 valence electrons. The molecule has 0 atom stereocenters. The molecule has 0 radical (unpaired) electrons. The summed E-state index contributed by atoms with van der Waals surface area (Å²) in [7, 11) is 1.58. The van der Waals surface area contributed by atoms with Crippen LogP contribution in [0.3, 0.4) is 0 Å². The van der Waals surface area contributed by atoms with Crippen molar-refractivity contribution >= 4 is 17.7 Å². The van der Waals surface area contributed by atoms with E-state index in [9.17, 15) is 4.79 Å². The monoisotopic (exact) mass is 293 g/mol. The molecular weight excluding hydrogens is 282 g/mol. The summed E-state index contributed by atoms with van der Waals surface area (Å²) >= 11 is 1.19. The molecule has 7 nitrogen and oxygen atoms in total. The zero-order chi connectivity index (χ0) is 13.9. The Morgan fingerprint density at radius 2 is 2.20 bits per heavy atom. The normalized spacial score (nSPS) is 12.4. The lowest BCUT2D eigenvalue weighted by molar-refractivity contribution is -0.118. The first-order chi connectivity index (χ1) is 9.76. The molecule has 1 aromatic carbocycles. The van der Waals surface area contributed by atoms with Gasteiger partial charge >= 0.3 is 0 Å². The van der Waals surface area contributed by atoms with Crippen LogP contribution in [-0.4, -0.2) is 35.7 Å². The fourth-order valence-electron chi connectivity index (χ4n) is 1.61. The smallest absolute Gasteiger partial charge is 0.277 e. The third kappa shape index (κ3) is 2.55. The van der Waals surface area contributed by atoms with E-state index in [1.54, 1.807) is 19.2 Å². The van der Waals surface area contributed by atoms with Crippen LogP contribution in [0.1, 0.15) is 0 Å². The first kappa shape index (κ1) is 12.8. The van der Waals surface area contributed by atoms with E-state index in [-0.39, 0.29) is 18.5 Å². The topological polar surface area (TPSA) is 86.5 Å². The summed E-state index contributed by atoms with van der Waals surface area (Å²) in [5.41, 5.74) is 0.744. The molecule has 0 fully saturated rings. The molecule has 1 amide bonds. The van der Waals surface area contributed by atoms with E-state index in [0.717, 1.165) is 5.56 Å². The molecule has 0 saturated carbocycles. The molecule has 0 aliphatic carbocycles. The van der Waals surface area contributed by atoms with Gasteiger partial charge < -0.3 is 19.2 Å². The third-order valence-corrected chi connectivity index (χ3v) is 3.45. The van der Waals surface area contributed by atoms with Crippen molar-refractivity contribution in [2.45, 2.75) is 5.22 Å². The maximum atomic E-state index is 11.1. The fraction of sp³-hybridized carbons (Fsp3) is 0.250. The average Bonchev–Trinajstić information content (AvgIpc) is 3.12. The van der Waals surface area contributed by atoms with Crippen molar-refractivity contribution in [2.24, 2.45) is 0 Å². The van der Waals surface area contributed by atoms with Gasteiger partial charge in [0.1, 0.15) is 0 Å². The maximum absolute atomic E-state index is 11.1. The zero-order valence-corrected chi connectivity index (χ0v) is 11.4. The van der Waals surface area contributed by atoms with E-state index in [1.165, 1.54) is 11.8 Å². The predicted molar refractivity (Wildman–Crippen MR) is 70.6 cm³/mol. The van der Waals surface area contributed by atoms with Gasteiger partial charge in [-0.1, -0.05) is 11.8 Å². The number of rotatable bonds is 4. The number of aromatic nitrogens is 2. The molecule has 1 aromatic heterocycles. The van der Waals surface area contributed by atoms with Crippen LogP contribution in [0, 0.1) is 0 Å². The Bertz CT molecular complexity index is 643. The molecule has 1 aliphatic heterocycles. The van der Waals surface area contributed by atoms with Gasteiger partial charge in [0.15, 0.2) is 11.5 Å². The second kappa shape index (κ2) is 5.41. The summed E-state index contributed by atoms with van der Waals surface area (Å²) in [5, 5.41) is 10.7. The molecule has 2 heterocycles. The van der Waals surface area contributed by atoms with Gasteiger partial charge in [-0.3, -0.25) is 4.79 Å². The van der Waals surface area contributed by atoms with Crippen LogP contribution in [0.5, 0.6) is 11.5 Å². The maximum Gasteiger partial charge on any atom is 0.277 e. The Kier molecular flexibility index (Phi) is 3.46. The molecule has 20 heavy (non-hydrogen) atoms. The minimum absolute atomic E-state index is 0.0992. The first-order valence-corrected chi connectivity index (χ1v) is 6.82. The Morgan fingerprint density at radius 1 is 1.35 bits per heavy atom. The lowest BCUT2D eigenvalue weighted by Gasteiger charge is -1.98. The molecular formula is C12H11N3O4S. The number of hydrogen-bond donors (Lipinski definition) is 1. The van der Waals surface area contributed by atoms with E-state index >= 15 is 0 Å². The van der Waals surface area contributed by atoms with Crippen molar-refractivity contribution in [3.63, 3.8) is 0 Å². The Balaban J connectivity index is 1.74. The molecule has 0 bridgehead atoms. The second-order valence-corrected chi connectivity index (χ2v) is 4.83. The van der Waals surface area contributed by atoms with Gasteiger partial charge in [-0.05, 0) is 18.2 Å². The number of benzene rings is 1. The number of amides is 1. The standard InChI is InChI=1S/C12H11N3O4S/c1-13-10(16)5-20-12-15-14-11(19-12)7-2-3-8-9(4-7)18-6-17-8/h2-4H,5-6H2,1H3,(H,13,16). The van der Waals surface area contributed by atoms with Crippen LogP contribution < -0.4 is 14.8 Å². The largest absolute Gasteiger partial charge is 0.454 e. The van der Waals surface area contributed by atoms with Crippen molar-refractivity contribution in [2.75, 3.05) is 19.6 Å². The molecule has 0 spiro atoms. The van der Waals surface area contributed by atoms with Crippen LogP contribution in [0.15, 0.2) is 27.8 Å². The third-order valence-electron chi connectivity index (χ3n) is 2.63. The highest BCUT2D eigenvalue weighted by Gasteiger charge is 2.17. The first-order valence-electron chi connectivity index (χ1n) is 5.83. The highest BCUT2D eigenvalue weighted by Crippen LogP contribution is 2.35. The SMILES string of the molecule is CNC(=O)CSc1nnc(-c2ccc3c(c2)OCO3)o1. The van der Waals surface area contributed by atoms with Crippen molar-refractivity contribution in [1.82, 2.24) is 15.5 Å². The van der Waals surface area contributed by atoms with Crippen molar-refractivity contribution in [1.29, 1.82) is 0 Å². The summed E-state index contributed by atoms with van der Waals surface area (Å²) in [4.78, 5) is 11.1. The molecule has 1 aliphatic rings. The van der Waals surface area contributed by atoms with Gasteiger partial charge in [0.05, 0.1) is 5.75 Å². The molecule has 1 N–H and O–H groups in total. The molecule has 2 aromatic rings. The number of thioether (sulfide) groups is 1. The summed E-state index contributed by atoms with van der Waals surface area (Å²) in [6.07, 6.45) is 0. The van der Waals surface area contributed by atoms with E-state index < -0.39 is 0 Å². The van der Waals surface area contributed by atoms with Crippen molar-refractivity contribution in [3.8, 4) is 23.0 Å². The average molecular weight is 293 g/mol. The molecule has 8 heteroatoms. The summed E-state index contributed by atoms with van der Waals surface area (Å²) in [5.74, 6) is 1.86. The highest BCUT2D eigenvalue weighted by atomic mass is 32.2. The number of hydrogen-bond acceptors (Lipinski definition) is 7. The van der Waals surface area contributed by atoms with E-state index in [0.29, 0.717) is 22.6 Å². The summed E-state index contributed by atoms with van der Waals surface area (Å²) in [6.45, 7) is 0.218. The van der Waals surface area contributed by atoms with Crippen LogP contribution in [0.4, 0.5) is 0 Å². The van der Waals surface area contributed by atoms with Gasteiger partial charge in [-0.15, -0.1) is 10.2 Å². The fourth-order valence-corrected chi connectivity index (χ4v) is 2.25. The van der Waals surface area contributed by atoms with E-state index in [2.05, 4.69) is 15.5 Å². The van der Waals surface area contributed by atoms with Crippen LogP contribution >= 0.6 is 11.8 Å². The van der Waals surface area contributed by atoms with E-state index in [4.69, 9.17) is 13.9 Å². The molecule has 3 rings (SSSR count). The van der Waals surface area contributed by atoms with Crippen LogP contribution in [0.2, 0.25) is 0 Å². The van der Waals surface area contributed by atoms with E-state index in [1.807, 2.05) is 6.07 Å². The minimum Gasteiger partial charge on any atom is -0.454 e. The quantitative estimate of drug-likeness (QED) is 0.850. The lowest BCUT2D eigenvalue weighted by atomic mass is 10.2. The Morgan fingerprint density at radius 3 is 3.05 bits per heavy atom. The number of carbonyl (C=O) groups excluding carboxylic acids is 1. The van der Waals surface area contributed by atoms with Crippen LogP contribution in [-0.2, 0) is 4.79 Å². The summed E-state index contributed by atoms with van der Waals surface area (Å²) < 4.78 is 16.0. The van der Waals surface area contributed by atoms with Gasteiger partial charge in [-0.2, -0.15) is 0 Å². The lowest BCUT2D eigenvalue weighted by Crippen LogP contribution is -2.19.